The highest BCUT2D eigenvalue weighted by Crippen LogP contribution is 2.18. The molecule has 1 aliphatic rings. The number of aryl methyl sites for hydroxylation is 1. The van der Waals surface area contributed by atoms with Crippen LogP contribution in [0.3, 0.4) is 0 Å². The summed E-state index contributed by atoms with van der Waals surface area (Å²) in [6.07, 6.45) is 2.59. The number of halogens is 2. The Labute approximate surface area is 126 Å². The molecular formula is C13H21Cl2N3O. The lowest BCUT2D eigenvalue weighted by Gasteiger charge is -2.35. The summed E-state index contributed by atoms with van der Waals surface area (Å²) in [5.74, 6) is 0.444. The van der Waals surface area contributed by atoms with E-state index in [0.29, 0.717) is 11.5 Å². The number of nitrogens with zero attached hydrogens (tertiary/aromatic N) is 2. The van der Waals surface area contributed by atoms with Gasteiger partial charge in [-0.25, -0.2) is 0 Å². The number of hydrogen-bond acceptors (Lipinski definition) is 3. The Morgan fingerprint density at radius 1 is 1.47 bits per heavy atom. The number of amides is 1. The van der Waals surface area contributed by atoms with Crippen LogP contribution in [0.5, 0.6) is 0 Å². The van der Waals surface area contributed by atoms with Gasteiger partial charge in [-0.3, -0.25) is 9.78 Å². The lowest BCUT2D eigenvalue weighted by atomic mass is 9.94. The van der Waals surface area contributed by atoms with Crippen molar-refractivity contribution in [3.05, 3.63) is 29.6 Å². The van der Waals surface area contributed by atoms with Crippen molar-refractivity contribution in [2.24, 2.45) is 11.7 Å². The topological polar surface area (TPSA) is 59.2 Å². The lowest BCUT2D eigenvalue weighted by molar-refractivity contribution is 0.0663. The van der Waals surface area contributed by atoms with Gasteiger partial charge in [0.2, 0.25) is 0 Å². The number of likely N-dealkylation sites (tertiary alicyclic amines) is 1. The molecule has 19 heavy (non-hydrogen) atoms. The molecule has 1 amide bonds. The summed E-state index contributed by atoms with van der Waals surface area (Å²) < 4.78 is 0. The van der Waals surface area contributed by atoms with Crippen LogP contribution in [0, 0.1) is 12.8 Å². The number of piperidine rings is 1. The highest BCUT2D eigenvalue weighted by molar-refractivity contribution is 5.95. The number of pyridine rings is 1. The van der Waals surface area contributed by atoms with Crippen molar-refractivity contribution < 1.29 is 4.79 Å². The maximum absolute atomic E-state index is 12.3. The van der Waals surface area contributed by atoms with Crippen LogP contribution in [0.15, 0.2) is 18.3 Å². The van der Waals surface area contributed by atoms with Gasteiger partial charge in [0, 0.05) is 31.0 Å². The Hall–Kier alpha value is -0.840. The van der Waals surface area contributed by atoms with Gasteiger partial charge in [0.1, 0.15) is 0 Å². The number of carbonyl (C=O) groups excluding carboxylic acids is 1. The lowest BCUT2D eigenvalue weighted by Crippen LogP contribution is -2.48. The van der Waals surface area contributed by atoms with Crippen LogP contribution in [0.1, 0.15) is 29.4 Å². The molecular weight excluding hydrogens is 285 g/mol. The van der Waals surface area contributed by atoms with Crippen LogP contribution in [-0.2, 0) is 0 Å². The average Bonchev–Trinajstić information content (AvgIpc) is 2.32. The van der Waals surface area contributed by atoms with Crippen molar-refractivity contribution in [3.63, 3.8) is 0 Å². The molecule has 4 nitrogen and oxygen atoms in total. The summed E-state index contributed by atoms with van der Waals surface area (Å²) in [5.41, 5.74) is 7.45. The third kappa shape index (κ3) is 4.06. The Kier molecular flexibility index (Phi) is 7.34. The Balaban J connectivity index is 0.00000162. The maximum atomic E-state index is 12.3. The van der Waals surface area contributed by atoms with E-state index in [0.717, 1.165) is 25.2 Å². The van der Waals surface area contributed by atoms with E-state index in [1.165, 1.54) is 0 Å². The van der Waals surface area contributed by atoms with Crippen LogP contribution in [0.2, 0.25) is 0 Å². The Morgan fingerprint density at radius 3 is 2.74 bits per heavy atom. The number of hydrogen-bond donors (Lipinski definition) is 1. The summed E-state index contributed by atoms with van der Waals surface area (Å²) in [5, 5.41) is 0. The van der Waals surface area contributed by atoms with Crippen molar-refractivity contribution in [3.8, 4) is 0 Å². The van der Waals surface area contributed by atoms with Crippen LogP contribution in [0.4, 0.5) is 0 Å². The van der Waals surface area contributed by atoms with Crippen molar-refractivity contribution in [2.45, 2.75) is 26.3 Å². The molecule has 0 aliphatic carbocycles. The second-order valence-corrected chi connectivity index (χ2v) is 4.82. The molecule has 6 heteroatoms. The van der Waals surface area contributed by atoms with E-state index in [4.69, 9.17) is 5.73 Å². The molecule has 0 bridgehead atoms. The second kappa shape index (κ2) is 7.68. The molecule has 2 N–H and O–H groups in total. The van der Waals surface area contributed by atoms with Crippen LogP contribution >= 0.6 is 24.8 Å². The van der Waals surface area contributed by atoms with Crippen molar-refractivity contribution in [2.75, 3.05) is 13.1 Å². The van der Waals surface area contributed by atoms with Gasteiger partial charge in [0.15, 0.2) is 0 Å². The third-order valence-corrected chi connectivity index (χ3v) is 3.50. The van der Waals surface area contributed by atoms with Crippen molar-refractivity contribution >= 4 is 30.7 Å². The van der Waals surface area contributed by atoms with Gasteiger partial charge < -0.3 is 10.6 Å². The molecule has 1 aromatic rings. The largest absolute Gasteiger partial charge is 0.338 e. The number of aromatic nitrogens is 1. The first-order valence-electron chi connectivity index (χ1n) is 6.06. The van der Waals surface area contributed by atoms with Gasteiger partial charge in [-0.05, 0) is 31.4 Å². The standard InChI is InChI=1S/C13H19N3O.2ClH/c1-9-8-16(7-5-12(9)14)13(17)11-4-3-6-15-10(11)2;;/h3-4,6,9,12H,5,7-8,14H2,1-2H3;2*1H. The van der Waals surface area contributed by atoms with Crippen molar-refractivity contribution in [1.29, 1.82) is 0 Å². The molecule has 0 spiro atoms. The SMILES string of the molecule is Cc1ncccc1C(=O)N1CCC(N)C(C)C1.Cl.Cl. The minimum absolute atomic E-state index is 0. The van der Waals surface area contributed by atoms with Gasteiger partial charge >= 0.3 is 0 Å². The summed E-state index contributed by atoms with van der Waals surface area (Å²) in [6, 6.07) is 3.86. The van der Waals surface area contributed by atoms with Gasteiger partial charge in [0.25, 0.3) is 5.91 Å². The van der Waals surface area contributed by atoms with E-state index >= 15 is 0 Å². The smallest absolute Gasteiger partial charge is 0.255 e. The monoisotopic (exact) mass is 305 g/mol. The van der Waals surface area contributed by atoms with Gasteiger partial charge in [0.05, 0.1) is 5.56 Å². The van der Waals surface area contributed by atoms with E-state index in [1.807, 2.05) is 17.9 Å². The average molecular weight is 306 g/mol. The first kappa shape index (κ1) is 18.2. The molecule has 2 unspecified atom stereocenters. The highest BCUT2D eigenvalue weighted by atomic mass is 35.5. The summed E-state index contributed by atoms with van der Waals surface area (Å²) in [7, 11) is 0. The summed E-state index contributed by atoms with van der Waals surface area (Å²) in [6.45, 7) is 5.46. The maximum Gasteiger partial charge on any atom is 0.255 e. The zero-order valence-electron chi connectivity index (χ0n) is 11.2. The number of carbonyl (C=O) groups is 1. The molecule has 2 heterocycles. The van der Waals surface area contributed by atoms with Crippen molar-refractivity contribution in [1.82, 2.24) is 9.88 Å². The van der Waals surface area contributed by atoms with E-state index in [9.17, 15) is 4.79 Å². The van der Waals surface area contributed by atoms with Crippen LogP contribution < -0.4 is 5.73 Å². The van der Waals surface area contributed by atoms with Gasteiger partial charge in [-0.1, -0.05) is 6.92 Å². The normalized spacial score (nSPS) is 22.2. The molecule has 1 saturated heterocycles. The van der Waals surface area contributed by atoms with Crippen LogP contribution in [-0.4, -0.2) is 34.9 Å². The molecule has 0 radical (unpaired) electrons. The fourth-order valence-electron chi connectivity index (χ4n) is 2.23. The predicted octanol–water partition coefficient (Wildman–Crippen LogP) is 2.04. The fourth-order valence-corrected chi connectivity index (χ4v) is 2.23. The zero-order valence-corrected chi connectivity index (χ0v) is 12.8. The van der Waals surface area contributed by atoms with Gasteiger partial charge in [-0.15, -0.1) is 24.8 Å². The van der Waals surface area contributed by atoms with E-state index < -0.39 is 0 Å². The molecule has 1 fully saturated rings. The highest BCUT2D eigenvalue weighted by Gasteiger charge is 2.27. The Morgan fingerprint density at radius 2 is 2.16 bits per heavy atom. The molecule has 108 valence electrons. The molecule has 0 aromatic carbocycles. The minimum atomic E-state index is 0. The zero-order chi connectivity index (χ0) is 12.4. The first-order chi connectivity index (χ1) is 8.09. The third-order valence-electron chi connectivity index (χ3n) is 3.50. The minimum Gasteiger partial charge on any atom is -0.338 e. The molecule has 1 aromatic heterocycles. The van der Waals surface area contributed by atoms with Crippen LogP contribution in [0.25, 0.3) is 0 Å². The Bertz CT molecular complexity index is 428. The summed E-state index contributed by atoms with van der Waals surface area (Å²) >= 11 is 0. The molecule has 0 saturated carbocycles. The predicted molar refractivity (Wildman–Crippen MR) is 81.1 cm³/mol. The quantitative estimate of drug-likeness (QED) is 0.864. The fraction of sp³-hybridized carbons (Fsp3) is 0.538. The summed E-state index contributed by atoms with van der Waals surface area (Å²) in [4.78, 5) is 18.4. The van der Waals surface area contributed by atoms with E-state index in [-0.39, 0.29) is 36.8 Å². The van der Waals surface area contributed by atoms with E-state index in [2.05, 4.69) is 11.9 Å². The first-order valence-corrected chi connectivity index (χ1v) is 6.06. The van der Waals surface area contributed by atoms with Gasteiger partial charge in [-0.2, -0.15) is 0 Å². The second-order valence-electron chi connectivity index (χ2n) is 4.82. The molecule has 2 rings (SSSR count). The molecule has 1 aliphatic heterocycles. The number of nitrogens with two attached hydrogens (primary N) is 1. The number of rotatable bonds is 1. The van der Waals surface area contributed by atoms with E-state index in [1.54, 1.807) is 12.3 Å². The molecule has 2 atom stereocenters.